The average molecular weight is 748 g/mol. The molecular formula is C41H50ClN3O8. The summed E-state index contributed by atoms with van der Waals surface area (Å²) < 4.78 is 16.6. The second-order valence-electron chi connectivity index (χ2n) is 14.9. The smallest absolute Gasteiger partial charge is 0.418 e. The van der Waals surface area contributed by atoms with Gasteiger partial charge in [0.1, 0.15) is 11.5 Å². The molecule has 1 aliphatic rings. The van der Waals surface area contributed by atoms with Crippen molar-refractivity contribution in [2.24, 2.45) is 0 Å². The van der Waals surface area contributed by atoms with Crippen LogP contribution in [0.1, 0.15) is 103 Å². The maximum Gasteiger partial charge on any atom is 0.418 e. The van der Waals surface area contributed by atoms with Crippen molar-refractivity contribution in [1.82, 2.24) is 4.90 Å². The molecule has 0 spiro atoms. The van der Waals surface area contributed by atoms with Gasteiger partial charge in [-0.05, 0) is 98.0 Å². The summed E-state index contributed by atoms with van der Waals surface area (Å²) in [5.41, 5.74) is 1.18. The van der Waals surface area contributed by atoms with Crippen LogP contribution in [0.5, 0.6) is 11.5 Å². The predicted octanol–water partition coefficient (Wildman–Crippen LogP) is 8.47. The van der Waals surface area contributed by atoms with E-state index in [-0.39, 0.29) is 39.4 Å². The number of amides is 4. The largest absolute Gasteiger partial charge is 0.497 e. The van der Waals surface area contributed by atoms with Crippen molar-refractivity contribution in [3.8, 4) is 11.5 Å². The first-order valence-corrected chi connectivity index (χ1v) is 18.2. The molecule has 1 saturated heterocycles. The number of imide groups is 1. The van der Waals surface area contributed by atoms with E-state index in [9.17, 15) is 24.0 Å². The maximum atomic E-state index is 13.8. The molecule has 3 aromatic rings. The molecule has 1 fully saturated rings. The second kappa shape index (κ2) is 16.4. The number of carbonyl (C=O) groups is 5. The number of carbonyl (C=O) groups excluding carboxylic acids is 5. The highest BCUT2D eigenvalue weighted by Gasteiger charge is 2.54. The normalized spacial score (nSPS) is 14.7. The zero-order valence-electron chi connectivity index (χ0n) is 32.0. The van der Waals surface area contributed by atoms with Gasteiger partial charge in [0.2, 0.25) is 5.91 Å². The minimum atomic E-state index is -1.92. The Bertz CT molecular complexity index is 1870. The fraction of sp³-hybridized carbons (Fsp3) is 0.439. The molecule has 0 aromatic heterocycles. The van der Waals surface area contributed by atoms with Gasteiger partial charge in [-0.3, -0.25) is 19.2 Å². The molecule has 0 saturated carbocycles. The maximum absolute atomic E-state index is 13.8. The molecule has 1 heterocycles. The molecule has 11 nitrogen and oxygen atoms in total. The quantitative estimate of drug-likeness (QED) is 0.0845. The minimum absolute atomic E-state index is 0.0358. The molecule has 3 aromatic carbocycles. The number of ether oxygens (including phenoxy) is 3. The van der Waals surface area contributed by atoms with Crippen LogP contribution in [0, 0.1) is 0 Å². The van der Waals surface area contributed by atoms with Gasteiger partial charge in [0, 0.05) is 23.2 Å². The molecule has 1 atom stereocenters. The van der Waals surface area contributed by atoms with E-state index < -0.39 is 35.3 Å². The van der Waals surface area contributed by atoms with Gasteiger partial charge in [-0.15, -0.1) is 0 Å². The molecule has 12 heteroatoms. The topological polar surface area (TPSA) is 140 Å². The molecule has 1 unspecified atom stereocenters. The monoisotopic (exact) mass is 747 g/mol. The van der Waals surface area contributed by atoms with Crippen molar-refractivity contribution < 1.29 is 38.2 Å². The van der Waals surface area contributed by atoms with E-state index in [4.69, 9.17) is 25.8 Å². The van der Waals surface area contributed by atoms with Gasteiger partial charge in [-0.1, -0.05) is 65.3 Å². The van der Waals surface area contributed by atoms with Crippen LogP contribution >= 0.6 is 11.6 Å². The SMILES string of the molecule is CCC(C)(C)c1ccc(OCCCC(=O)Nc2ccc(Cl)c(NC(=O)C(C(=O)c3ccc(OC)cc3)N3C(=O)OC(C)(C)C3=O)c2)c(C(C)(C)CC)c1. The Morgan fingerprint density at radius 1 is 0.906 bits per heavy atom. The van der Waals surface area contributed by atoms with Crippen LogP contribution in [0.2, 0.25) is 5.02 Å². The van der Waals surface area contributed by atoms with Crippen molar-refractivity contribution in [2.45, 2.75) is 104 Å². The lowest BCUT2D eigenvalue weighted by atomic mass is 9.76. The summed E-state index contributed by atoms with van der Waals surface area (Å²) in [7, 11) is 1.46. The van der Waals surface area contributed by atoms with Crippen LogP contribution in [0.4, 0.5) is 16.2 Å². The number of nitrogens with one attached hydrogen (secondary N) is 2. The number of nitrogens with zero attached hydrogens (tertiary/aromatic N) is 1. The summed E-state index contributed by atoms with van der Waals surface area (Å²) in [6.45, 7) is 16.3. The Morgan fingerprint density at radius 2 is 1.57 bits per heavy atom. The number of hydrogen-bond donors (Lipinski definition) is 2. The minimum Gasteiger partial charge on any atom is -0.497 e. The lowest BCUT2D eigenvalue weighted by Gasteiger charge is -2.30. The number of anilines is 2. The molecular weight excluding hydrogens is 698 g/mol. The highest BCUT2D eigenvalue weighted by Crippen LogP contribution is 2.39. The van der Waals surface area contributed by atoms with E-state index >= 15 is 0 Å². The van der Waals surface area contributed by atoms with Gasteiger partial charge in [-0.25, -0.2) is 9.69 Å². The van der Waals surface area contributed by atoms with E-state index in [1.54, 1.807) is 6.07 Å². The van der Waals surface area contributed by atoms with E-state index in [0.717, 1.165) is 24.2 Å². The van der Waals surface area contributed by atoms with Gasteiger partial charge in [0.05, 0.1) is 24.4 Å². The van der Waals surface area contributed by atoms with Gasteiger partial charge >= 0.3 is 6.09 Å². The number of hydrogen-bond acceptors (Lipinski definition) is 8. The van der Waals surface area contributed by atoms with Crippen LogP contribution in [0.3, 0.4) is 0 Å². The molecule has 2 N–H and O–H groups in total. The summed E-state index contributed by atoms with van der Waals surface area (Å²) in [6, 6.07) is 14.8. The molecule has 0 aliphatic carbocycles. The number of halogens is 1. The first-order valence-electron chi connectivity index (χ1n) is 17.8. The van der Waals surface area contributed by atoms with Crippen LogP contribution in [-0.4, -0.2) is 59.9 Å². The Kier molecular flexibility index (Phi) is 12.7. The van der Waals surface area contributed by atoms with Crippen LogP contribution in [0.15, 0.2) is 60.7 Å². The third-order valence-electron chi connectivity index (χ3n) is 9.97. The van der Waals surface area contributed by atoms with Crippen LogP contribution in [-0.2, 0) is 30.0 Å². The number of cyclic esters (lactones) is 1. The number of Topliss-reactive ketones (excluding diaryl/α,β-unsaturated/α-hetero) is 1. The number of methoxy groups -OCH3 is 1. The predicted molar refractivity (Wildman–Crippen MR) is 205 cm³/mol. The fourth-order valence-corrected chi connectivity index (χ4v) is 5.88. The highest BCUT2D eigenvalue weighted by atomic mass is 35.5. The van der Waals surface area contributed by atoms with Crippen molar-refractivity contribution in [3.63, 3.8) is 0 Å². The Morgan fingerprint density at radius 3 is 2.15 bits per heavy atom. The summed E-state index contributed by atoms with van der Waals surface area (Å²) in [4.78, 5) is 67.0. The summed E-state index contributed by atoms with van der Waals surface area (Å²) in [6.07, 6.45) is 1.41. The van der Waals surface area contributed by atoms with Gasteiger partial charge in [-0.2, -0.15) is 0 Å². The van der Waals surface area contributed by atoms with Gasteiger partial charge in [0.25, 0.3) is 11.8 Å². The van der Waals surface area contributed by atoms with E-state index in [0.29, 0.717) is 29.4 Å². The molecule has 4 amide bonds. The van der Waals surface area contributed by atoms with E-state index in [1.807, 2.05) is 6.07 Å². The number of rotatable bonds is 16. The molecule has 4 rings (SSSR count). The Labute approximate surface area is 316 Å². The molecule has 0 radical (unpaired) electrons. The lowest BCUT2D eigenvalue weighted by Crippen LogP contribution is -2.53. The molecule has 53 heavy (non-hydrogen) atoms. The van der Waals surface area contributed by atoms with E-state index in [2.05, 4.69) is 64.3 Å². The van der Waals surface area contributed by atoms with E-state index in [1.165, 1.54) is 62.9 Å². The first kappa shape index (κ1) is 40.9. The second-order valence-corrected chi connectivity index (χ2v) is 15.3. The molecule has 0 bridgehead atoms. The zero-order valence-corrected chi connectivity index (χ0v) is 32.7. The van der Waals surface area contributed by atoms with Crippen molar-refractivity contribution >= 4 is 52.6 Å². The molecule has 1 aliphatic heterocycles. The standard InChI is InChI=1S/C41H50ClN3O8/c1-10-39(3,4)26-16-21-32(29(23-26)40(5,6)11-2)52-22-12-13-33(46)43-27-17-20-30(42)31(24-27)44-36(48)34(45-37(49)41(7,8)53-38(45)50)35(47)25-14-18-28(51-9)19-15-25/h14-21,23-24,34H,10-13,22H2,1-9H3,(H,43,46)(H,44,48). The van der Waals surface area contributed by atoms with Gasteiger partial charge in [0.15, 0.2) is 17.4 Å². The zero-order chi connectivity index (χ0) is 39.3. The van der Waals surface area contributed by atoms with Crippen molar-refractivity contribution in [3.05, 3.63) is 82.4 Å². The fourth-order valence-electron chi connectivity index (χ4n) is 5.71. The number of benzene rings is 3. The van der Waals surface area contributed by atoms with Gasteiger partial charge < -0.3 is 24.8 Å². The molecule has 284 valence electrons. The lowest BCUT2D eigenvalue weighted by molar-refractivity contribution is -0.137. The van der Waals surface area contributed by atoms with Crippen molar-refractivity contribution in [1.29, 1.82) is 0 Å². The van der Waals surface area contributed by atoms with Crippen LogP contribution < -0.4 is 20.1 Å². The summed E-state index contributed by atoms with van der Waals surface area (Å²) in [5, 5.41) is 5.46. The van der Waals surface area contributed by atoms with Crippen molar-refractivity contribution in [2.75, 3.05) is 24.4 Å². The summed E-state index contributed by atoms with van der Waals surface area (Å²) in [5.74, 6) is -1.71. The first-order chi connectivity index (χ1) is 24.8. The highest BCUT2D eigenvalue weighted by molar-refractivity contribution is 6.34. The average Bonchev–Trinajstić information content (AvgIpc) is 3.32. The Balaban J connectivity index is 1.45. The van der Waals surface area contributed by atoms with Crippen LogP contribution in [0.25, 0.3) is 0 Å². The Hall–Kier alpha value is -4.90. The third-order valence-corrected chi connectivity index (χ3v) is 10.3. The third kappa shape index (κ3) is 9.37. The summed E-state index contributed by atoms with van der Waals surface area (Å²) >= 11 is 6.42. The number of ketones is 1.